The zero-order valence-electron chi connectivity index (χ0n) is 10.3. The van der Waals surface area contributed by atoms with E-state index in [4.69, 9.17) is 10.5 Å². The lowest BCUT2D eigenvalue weighted by atomic mass is 10.2. The molecule has 0 aromatic heterocycles. The molecule has 0 unspecified atom stereocenters. The van der Waals surface area contributed by atoms with Crippen LogP contribution in [0, 0.1) is 0 Å². The van der Waals surface area contributed by atoms with Crippen molar-refractivity contribution in [2.24, 2.45) is 0 Å². The first-order valence-corrected chi connectivity index (χ1v) is 5.90. The molecule has 1 rings (SSSR count). The molecule has 3 heteroatoms. The molecule has 0 aliphatic rings. The van der Waals surface area contributed by atoms with Crippen LogP contribution in [0.5, 0.6) is 0 Å². The molecule has 0 bridgehead atoms. The molecule has 0 atom stereocenters. The molecule has 3 nitrogen and oxygen atoms in total. The van der Waals surface area contributed by atoms with E-state index in [2.05, 4.69) is 17.9 Å². The maximum Gasteiger partial charge on any atom is 0.0593 e. The van der Waals surface area contributed by atoms with E-state index in [0.29, 0.717) is 0 Å². The van der Waals surface area contributed by atoms with Gasteiger partial charge in [0.25, 0.3) is 0 Å². The normalized spacial score (nSPS) is 10.9. The number of likely N-dealkylation sites (N-methyl/N-ethyl adjacent to an activating group) is 1. The molecular weight excluding hydrogens is 200 g/mol. The maximum absolute atomic E-state index is 5.75. The van der Waals surface area contributed by atoms with Crippen molar-refractivity contribution >= 4 is 5.69 Å². The Morgan fingerprint density at radius 2 is 2.12 bits per heavy atom. The van der Waals surface area contributed by atoms with E-state index in [1.807, 2.05) is 25.1 Å². The second kappa shape index (κ2) is 7.25. The summed E-state index contributed by atoms with van der Waals surface area (Å²) < 4.78 is 5.36. The van der Waals surface area contributed by atoms with Crippen LogP contribution in [0.25, 0.3) is 0 Å². The van der Waals surface area contributed by atoms with Crippen LogP contribution in [0.1, 0.15) is 19.4 Å². The molecule has 0 amide bonds. The highest BCUT2D eigenvalue weighted by Crippen LogP contribution is 2.09. The molecule has 0 aliphatic carbocycles. The standard InChI is InChI=1S/C13H22N2O/c1-3-15(8-9-16-4-2)11-12-6-5-7-13(14)10-12/h5-7,10H,3-4,8-9,11,14H2,1-2H3. The summed E-state index contributed by atoms with van der Waals surface area (Å²) in [4.78, 5) is 2.35. The fourth-order valence-electron chi connectivity index (χ4n) is 1.64. The number of ether oxygens (including phenoxy) is 1. The molecule has 0 heterocycles. The van der Waals surface area contributed by atoms with Gasteiger partial charge in [0.1, 0.15) is 0 Å². The van der Waals surface area contributed by atoms with E-state index in [1.54, 1.807) is 0 Å². The Labute approximate surface area is 98.2 Å². The summed E-state index contributed by atoms with van der Waals surface area (Å²) in [5, 5.41) is 0. The van der Waals surface area contributed by atoms with Gasteiger partial charge in [0.15, 0.2) is 0 Å². The highest BCUT2D eigenvalue weighted by Gasteiger charge is 2.03. The Kier molecular flexibility index (Phi) is 5.90. The van der Waals surface area contributed by atoms with E-state index in [1.165, 1.54) is 5.56 Å². The molecule has 0 fully saturated rings. The van der Waals surface area contributed by atoms with Gasteiger partial charge in [-0.3, -0.25) is 4.90 Å². The Bertz CT molecular complexity index is 302. The van der Waals surface area contributed by atoms with Gasteiger partial charge in [-0.1, -0.05) is 19.1 Å². The van der Waals surface area contributed by atoms with E-state index in [0.717, 1.165) is 38.5 Å². The SMILES string of the molecule is CCOCCN(CC)Cc1cccc(N)c1. The zero-order valence-corrected chi connectivity index (χ0v) is 10.3. The Morgan fingerprint density at radius 1 is 1.31 bits per heavy atom. The predicted octanol–water partition coefficient (Wildman–Crippen LogP) is 2.13. The first-order chi connectivity index (χ1) is 7.76. The third-order valence-corrected chi connectivity index (χ3v) is 2.56. The average Bonchev–Trinajstić information content (AvgIpc) is 2.28. The van der Waals surface area contributed by atoms with E-state index in [-0.39, 0.29) is 0 Å². The van der Waals surface area contributed by atoms with Gasteiger partial charge in [-0.25, -0.2) is 0 Å². The summed E-state index contributed by atoms with van der Waals surface area (Å²) in [6.45, 7) is 8.71. The third-order valence-electron chi connectivity index (χ3n) is 2.56. The van der Waals surface area contributed by atoms with E-state index >= 15 is 0 Å². The molecule has 0 radical (unpaired) electrons. The molecule has 0 aliphatic heterocycles. The molecule has 1 aromatic rings. The number of nitrogens with zero attached hydrogens (tertiary/aromatic N) is 1. The number of rotatable bonds is 7. The first-order valence-electron chi connectivity index (χ1n) is 5.90. The van der Waals surface area contributed by atoms with Crippen molar-refractivity contribution in [3.8, 4) is 0 Å². The zero-order chi connectivity index (χ0) is 11.8. The average molecular weight is 222 g/mol. The predicted molar refractivity (Wildman–Crippen MR) is 68.3 cm³/mol. The van der Waals surface area contributed by atoms with Crippen LogP contribution in [0.4, 0.5) is 5.69 Å². The summed E-state index contributed by atoms with van der Waals surface area (Å²) >= 11 is 0. The number of benzene rings is 1. The van der Waals surface area contributed by atoms with Gasteiger partial charge in [0.05, 0.1) is 6.61 Å². The molecule has 0 spiro atoms. The lowest BCUT2D eigenvalue weighted by Crippen LogP contribution is -2.27. The summed E-state index contributed by atoms with van der Waals surface area (Å²) in [5.41, 5.74) is 7.85. The van der Waals surface area contributed by atoms with Crippen LogP contribution in [-0.2, 0) is 11.3 Å². The number of nitrogens with two attached hydrogens (primary N) is 1. The Balaban J connectivity index is 2.43. The summed E-state index contributed by atoms with van der Waals surface area (Å²) in [6, 6.07) is 8.06. The van der Waals surface area contributed by atoms with Crippen LogP contribution in [0.15, 0.2) is 24.3 Å². The van der Waals surface area contributed by atoms with Gasteiger partial charge in [-0.15, -0.1) is 0 Å². The summed E-state index contributed by atoms with van der Waals surface area (Å²) in [6.07, 6.45) is 0. The van der Waals surface area contributed by atoms with Crippen LogP contribution < -0.4 is 5.73 Å². The third kappa shape index (κ3) is 4.64. The van der Waals surface area contributed by atoms with Crippen molar-refractivity contribution in [2.45, 2.75) is 20.4 Å². The van der Waals surface area contributed by atoms with Crippen LogP contribution in [0.3, 0.4) is 0 Å². The van der Waals surface area contributed by atoms with Crippen molar-refractivity contribution < 1.29 is 4.74 Å². The number of anilines is 1. The number of nitrogen functional groups attached to an aromatic ring is 1. The van der Waals surface area contributed by atoms with Crippen molar-refractivity contribution in [3.05, 3.63) is 29.8 Å². The molecule has 16 heavy (non-hydrogen) atoms. The molecular formula is C13H22N2O. The summed E-state index contributed by atoms with van der Waals surface area (Å²) in [7, 11) is 0. The lowest BCUT2D eigenvalue weighted by molar-refractivity contribution is 0.113. The van der Waals surface area contributed by atoms with E-state index < -0.39 is 0 Å². The van der Waals surface area contributed by atoms with Gasteiger partial charge in [-0.2, -0.15) is 0 Å². The van der Waals surface area contributed by atoms with Gasteiger partial charge >= 0.3 is 0 Å². The number of hydrogen-bond donors (Lipinski definition) is 1. The minimum absolute atomic E-state index is 0.788. The molecule has 0 saturated carbocycles. The largest absolute Gasteiger partial charge is 0.399 e. The Morgan fingerprint density at radius 3 is 2.75 bits per heavy atom. The second-order valence-electron chi connectivity index (χ2n) is 3.81. The van der Waals surface area contributed by atoms with Crippen molar-refractivity contribution in [1.82, 2.24) is 4.90 Å². The van der Waals surface area contributed by atoms with Gasteiger partial charge in [-0.05, 0) is 31.2 Å². The monoisotopic (exact) mass is 222 g/mol. The minimum Gasteiger partial charge on any atom is -0.399 e. The Hall–Kier alpha value is -1.06. The number of hydrogen-bond acceptors (Lipinski definition) is 3. The fourth-order valence-corrected chi connectivity index (χ4v) is 1.64. The lowest BCUT2D eigenvalue weighted by Gasteiger charge is -2.20. The van der Waals surface area contributed by atoms with Gasteiger partial charge in [0.2, 0.25) is 0 Å². The van der Waals surface area contributed by atoms with Gasteiger partial charge in [0, 0.05) is 25.4 Å². The van der Waals surface area contributed by atoms with Crippen molar-refractivity contribution in [3.63, 3.8) is 0 Å². The highest BCUT2D eigenvalue weighted by molar-refractivity contribution is 5.40. The van der Waals surface area contributed by atoms with Crippen LogP contribution >= 0.6 is 0 Å². The van der Waals surface area contributed by atoms with Crippen LogP contribution in [0.2, 0.25) is 0 Å². The maximum atomic E-state index is 5.75. The molecule has 0 saturated heterocycles. The highest BCUT2D eigenvalue weighted by atomic mass is 16.5. The van der Waals surface area contributed by atoms with Crippen LogP contribution in [-0.4, -0.2) is 31.2 Å². The minimum atomic E-state index is 0.788. The second-order valence-corrected chi connectivity index (χ2v) is 3.81. The topological polar surface area (TPSA) is 38.5 Å². The fraction of sp³-hybridized carbons (Fsp3) is 0.538. The van der Waals surface area contributed by atoms with E-state index in [9.17, 15) is 0 Å². The molecule has 1 aromatic carbocycles. The van der Waals surface area contributed by atoms with Gasteiger partial charge < -0.3 is 10.5 Å². The first kappa shape index (κ1) is 13.0. The van der Waals surface area contributed by atoms with Crippen molar-refractivity contribution in [1.29, 1.82) is 0 Å². The quantitative estimate of drug-likeness (QED) is 0.567. The molecule has 2 N–H and O–H groups in total. The summed E-state index contributed by atoms with van der Waals surface area (Å²) in [5.74, 6) is 0. The molecule has 90 valence electrons. The smallest absolute Gasteiger partial charge is 0.0593 e. The van der Waals surface area contributed by atoms with Crippen molar-refractivity contribution in [2.75, 3.05) is 32.0 Å².